The van der Waals surface area contributed by atoms with Gasteiger partial charge < -0.3 is 5.73 Å². The van der Waals surface area contributed by atoms with Gasteiger partial charge in [0.1, 0.15) is 16.8 Å². The van der Waals surface area contributed by atoms with Crippen molar-refractivity contribution >= 4 is 46.8 Å². The van der Waals surface area contributed by atoms with Gasteiger partial charge in [0.15, 0.2) is 0 Å². The summed E-state index contributed by atoms with van der Waals surface area (Å²) in [5.74, 6) is -0.829. The quantitative estimate of drug-likeness (QED) is 0.660. The smallest absolute Gasteiger partial charge is 0.259 e. The fourth-order valence-electron chi connectivity index (χ4n) is 1.97. The number of halogens is 3. The van der Waals surface area contributed by atoms with Gasteiger partial charge in [0, 0.05) is 21.2 Å². The summed E-state index contributed by atoms with van der Waals surface area (Å²) in [6, 6.07) is 6.90. The van der Waals surface area contributed by atoms with E-state index >= 15 is 0 Å². The number of nitrogens with zero attached hydrogens (tertiary/aromatic N) is 3. The Kier molecular flexibility index (Phi) is 5.32. The number of hydrogen-bond donors (Lipinski definition) is 1. The summed E-state index contributed by atoms with van der Waals surface area (Å²) < 4.78 is 1.49. The highest BCUT2D eigenvalue weighted by molar-refractivity contribution is 6.36. The molecule has 5 nitrogen and oxygen atoms in total. The molecule has 0 radical (unpaired) electrons. The standard InChI is InChI=1S/C15H11Cl3N4O/c1-8-10(5-9(6-19)15(20)23)14(18)22(21-8)7-11-12(16)3-2-4-13(11)17/h2-5H,7H2,1H3,(H2,20,23)/b9-5+. The van der Waals surface area contributed by atoms with E-state index in [0.29, 0.717) is 26.9 Å². The van der Waals surface area contributed by atoms with Crippen molar-refractivity contribution in [3.8, 4) is 6.07 Å². The van der Waals surface area contributed by atoms with Gasteiger partial charge >= 0.3 is 0 Å². The summed E-state index contributed by atoms with van der Waals surface area (Å²) in [6.45, 7) is 1.96. The van der Waals surface area contributed by atoms with Crippen molar-refractivity contribution in [3.05, 3.63) is 55.8 Å². The van der Waals surface area contributed by atoms with Crippen LogP contribution in [-0.4, -0.2) is 15.7 Å². The summed E-state index contributed by atoms with van der Waals surface area (Å²) in [4.78, 5) is 11.2. The van der Waals surface area contributed by atoms with Gasteiger partial charge in [0.25, 0.3) is 5.91 Å². The van der Waals surface area contributed by atoms with E-state index in [1.807, 2.05) is 0 Å². The second kappa shape index (κ2) is 7.05. The van der Waals surface area contributed by atoms with Gasteiger partial charge in [-0.3, -0.25) is 4.79 Å². The summed E-state index contributed by atoms with van der Waals surface area (Å²) in [5.41, 5.74) is 6.60. The molecule has 2 aromatic rings. The third-order valence-electron chi connectivity index (χ3n) is 3.15. The summed E-state index contributed by atoms with van der Waals surface area (Å²) in [6.07, 6.45) is 1.32. The van der Waals surface area contributed by atoms with Crippen molar-refractivity contribution < 1.29 is 4.79 Å². The van der Waals surface area contributed by atoms with Crippen LogP contribution in [0.15, 0.2) is 23.8 Å². The molecule has 0 unspecified atom stereocenters. The number of benzene rings is 1. The lowest BCUT2D eigenvalue weighted by molar-refractivity contribution is -0.114. The van der Waals surface area contributed by atoms with Crippen LogP contribution in [0.2, 0.25) is 15.2 Å². The van der Waals surface area contributed by atoms with E-state index in [0.717, 1.165) is 0 Å². The SMILES string of the molecule is Cc1nn(Cc2c(Cl)cccc2Cl)c(Cl)c1/C=C(\C#N)C(N)=O. The first-order valence-electron chi connectivity index (χ1n) is 6.42. The number of aromatic nitrogens is 2. The number of carbonyl (C=O) groups is 1. The third-order valence-corrected chi connectivity index (χ3v) is 4.26. The normalized spacial score (nSPS) is 11.3. The van der Waals surface area contributed by atoms with Gasteiger partial charge in [-0.1, -0.05) is 40.9 Å². The number of nitrogens with two attached hydrogens (primary N) is 1. The van der Waals surface area contributed by atoms with Crippen molar-refractivity contribution in [2.75, 3.05) is 0 Å². The van der Waals surface area contributed by atoms with Crippen LogP contribution < -0.4 is 5.73 Å². The molecular weight excluding hydrogens is 359 g/mol. The topological polar surface area (TPSA) is 84.7 Å². The summed E-state index contributed by atoms with van der Waals surface area (Å²) in [7, 11) is 0. The van der Waals surface area contributed by atoms with Crippen LogP contribution in [0.3, 0.4) is 0 Å². The number of nitriles is 1. The molecule has 0 aliphatic carbocycles. The maximum absolute atomic E-state index is 11.2. The van der Waals surface area contributed by atoms with Crippen molar-refractivity contribution in [3.63, 3.8) is 0 Å². The molecule has 0 saturated heterocycles. The molecule has 1 heterocycles. The lowest BCUT2D eigenvalue weighted by Gasteiger charge is -2.08. The first-order chi connectivity index (χ1) is 10.8. The van der Waals surface area contributed by atoms with Crippen LogP contribution >= 0.6 is 34.8 Å². The van der Waals surface area contributed by atoms with E-state index in [2.05, 4.69) is 5.10 Å². The molecule has 1 aromatic carbocycles. The Morgan fingerprint density at radius 1 is 1.39 bits per heavy atom. The maximum atomic E-state index is 11.2. The van der Waals surface area contributed by atoms with Crippen LogP contribution in [0.1, 0.15) is 16.8 Å². The Hall–Kier alpha value is -2.00. The maximum Gasteiger partial charge on any atom is 0.259 e. The fourth-order valence-corrected chi connectivity index (χ4v) is 2.78. The second-order valence-electron chi connectivity index (χ2n) is 4.68. The van der Waals surface area contributed by atoms with Crippen LogP contribution in [0.25, 0.3) is 6.08 Å². The van der Waals surface area contributed by atoms with Crippen molar-refractivity contribution in [1.82, 2.24) is 9.78 Å². The predicted octanol–water partition coefficient (Wildman–Crippen LogP) is 3.59. The molecule has 0 spiro atoms. The van der Waals surface area contributed by atoms with Crippen LogP contribution in [0.4, 0.5) is 0 Å². The van der Waals surface area contributed by atoms with E-state index in [1.54, 1.807) is 31.2 Å². The number of amides is 1. The van der Waals surface area contributed by atoms with Gasteiger partial charge in [0.2, 0.25) is 0 Å². The first-order valence-corrected chi connectivity index (χ1v) is 7.56. The number of hydrogen-bond acceptors (Lipinski definition) is 3. The highest BCUT2D eigenvalue weighted by atomic mass is 35.5. The number of primary amides is 1. The van der Waals surface area contributed by atoms with Crippen LogP contribution in [0, 0.1) is 18.3 Å². The minimum Gasteiger partial charge on any atom is -0.365 e. The highest BCUT2D eigenvalue weighted by Crippen LogP contribution is 2.28. The molecule has 1 amide bonds. The average Bonchev–Trinajstić information content (AvgIpc) is 2.75. The fraction of sp³-hybridized carbons (Fsp3) is 0.133. The van der Waals surface area contributed by atoms with Gasteiger partial charge in [-0.05, 0) is 25.1 Å². The van der Waals surface area contributed by atoms with Crippen molar-refractivity contribution in [2.45, 2.75) is 13.5 Å². The molecule has 1 aromatic heterocycles. The van der Waals surface area contributed by atoms with Crippen LogP contribution in [-0.2, 0) is 11.3 Å². The Morgan fingerprint density at radius 3 is 2.52 bits per heavy atom. The molecule has 23 heavy (non-hydrogen) atoms. The number of aryl methyl sites for hydroxylation is 1. The van der Waals surface area contributed by atoms with Crippen LogP contribution in [0.5, 0.6) is 0 Å². The Morgan fingerprint density at radius 2 is 2.00 bits per heavy atom. The Balaban J connectivity index is 2.47. The van der Waals surface area contributed by atoms with Crippen molar-refractivity contribution in [1.29, 1.82) is 5.26 Å². The summed E-state index contributed by atoms with van der Waals surface area (Å²) in [5, 5.41) is 14.5. The number of carbonyl (C=O) groups excluding carboxylic acids is 1. The highest BCUT2D eigenvalue weighted by Gasteiger charge is 2.16. The minimum atomic E-state index is -0.829. The van der Waals surface area contributed by atoms with E-state index in [4.69, 9.17) is 45.8 Å². The molecule has 2 N–H and O–H groups in total. The molecule has 0 bridgehead atoms. The Labute approximate surface area is 147 Å². The zero-order valence-electron chi connectivity index (χ0n) is 12.0. The first kappa shape index (κ1) is 17.4. The largest absolute Gasteiger partial charge is 0.365 e. The second-order valence-corrected chi connectivity index (χ2v) is 5.85. The average molecular weight is 370 g/mol. The van der Waals surface area contributed by atoms with Gasteiger partial charge in [-0.15, -0.1) is 0 Å². The van der Waals surface area contributed by atoms with E-state index in [-0.39, 0.29) is 17.3 Å². The lowest BCUT2D eigenvalue weighted by Crippen LogP contribution is -2.12. The molecule has 0 aliphatic heterocycles. The molecule has 8 heteroatoms. The minimum absolute atomic E-state index is 0.203. The molecule has 0 atom stereocenters. The Bertz CT molecular complexity index is 829. The number of rotatable bonds is 4. The molecule has 0 fully saturated rings. The predicted molar refractivity (Wildman–Crippen MR) is 90.3 cm³/mol. The zero-order chi connectivity index (χ0) is 17.1. The van der Waals surface area contributed by atoms with Crippen molar-refractivity contribution in [2.24, 2.45) is 5.73 Å². The lowest BCUT2D eigenvalue weighted by atomic mass is 10.1. The molecule has 118 valence electrons. The molecular formula is C15H11Cl3N4O. The van der Waals surface area contributed by atoms with E-state index in [1.165, 1.54) is 10.8 Å². The van der Waals surface area contributed by atoms with Gasteiger partial charge in [-0.25, -0.2) is 4.68 Å². The van der Waals surface area contributed by atoms with Gasteiger partial charge in [-0.2, -0.15) is 10.4 Å². The van der Waals surface area contributed by atoms with Gasteiger partial charge in [0.05, 0.1) is 12.2 Å². The molecule has 0 saturated carbocycles. The zero-order valence-corrected chi connectivity index (χ0v) is 14.2. The third kappa shape index (κ3) is 3.67. The van der Waals surface area contributed by atoms with E-state index < -0.39 is 5.91 Å². The monoisotopic (exact) mass is 368 g/mol. The van der Waals surface area contributed by atoms with E-state index in [9.17, 15) is 4.79 Å². The molecule has 2 rings (SSSR count). The molecule has 0 aliphatic rings. The summed E-state index contributed by atoms with van der Waals surface area (Å²) >= 11 is 18.6.